The minimum Gasteiger partial charge on any atom is -0.301 e. The lowest BCUT2D eigenvalue weighted by Crippen LogP contribution is -2.48. The fraction of sp³-hybridized carbons (Fsp3) is 0.588. The van der Waals surface area contributed by atoms with Gasteiger partial charge in [-0.25, -0.2) is 0 Å². The highest BCUT2D eigenvalue weighted by Crippen LogP contribution is 2.34. The molecular weight excluding hydrogens is 278 g/mol. The zero-order valence-electron chi connectivity index (χ0n) is 12.8. The van der Waals surface area contributed by atoms with E-state index in [0.717, 1.165) is 63.2 Å². The second-order valence-electron chi connectivity index (χ2n) is 6.54. The minimum absolute atomic E-state index is 0.0340. The number of pyridine rings is 1. The molecule has 0 aromatic carbocycles. The first-order valence-corrected chi connectivity index (χ1v) is 8.33. The van der Waals surface area contributed by atoms with Crippen molar-refractivity contribution in [3.8, 4) is 0 Å². The molecule has 4 heterocycles. The fourth-order valence-corrected chi connectivity index (χ4v) is 4.03. The van der Waals surface area contributed by atoms with Crippen LogP contribution >= 0.6 is 0 Å². The molecule has 1 radical (unpaired) electrons. The van der Waals surface area contributed by atoms with Crippen LogP contribution in [0.15, 0.2) is 16.9 Å². The van der Waals surface area contributed by atoms with Crippen LogP contribution in [-0.4, -0.2) is 41.6 Å². The van der Waals surface area contributed by atoms with Gasteiger partial charge in [0.25, 0.3) is 5.56 Å². The van der Waals surface area contributed by atoms with Gasteiger partial charge in [-0.15, -0.1) is 0 Å². The maximum Gasteiger partial charge on any atom is 0.252 e. The van der Waals surface area contributed by atoms with Crippen molar-refractivity contribution in [1.29, 1.82) is 0 Å². The van der Waals surface area contributed by atoms with E-state index in [1.165, 1.54) is 0 Å². The molecule has 0 saturated carbocycles. The lowest BCUT2D eigenvalue weighted by atomic mass is 9.99. The molecule has 1 unspecified atom stereocenters. The lowest BCUT2D eigenvalue weighted by Gasteiger charge is -2.41. The zero-order valence-corrected chi connectivity index (χ0v) is 12.8. The third kappa shape index (κ3) is 2.28. The van der Waals surface area contributed by atoms with Crippen LogP contribution < -0.4 is 10.5 Å². The molecule has 1 amide bonds. The van der Waals surface area contributed by atoms with Gasteiger partial charge >= 0.3 is 0 Å². The number of nitrogens with zero attached hydrogens (tertiary/aromatic N) is 3. The Balaban J connectivity index is 1.70. The molecule has 1 atom stereocenters. The van der Waals surface area contributed by atoms with Crippen LogP contribution in [0, 0.1) is 6.42 Å². The van der Waals surface area contributed by atoms with Crippen molar-refractivity contribution in [3.05, 3.63) is 34.5 Å². The van der Waals surface area contributed by atoms with Crippen molar-refractivity contribution in [3.63, 3.8) is 0 Å². The van der Waals surface area contributed by atoms with Crippen molar-refractivity contribution >= 4 is 11.7 Å². The van der Waals surface area contributed by atoms with Gasteiger partial charge in [0.15, 0.2) is 0 Å². The van der Waals surface area contributed by atoms with Crippen molar-refractivity contribution in [2.75, 3.05) is 31.1 Å². The molecule has 22 heavy (non-hydrogen) atoms. The molecule has 5 heteroatoms. The largest absolute Gasteiger partial charge is 0.301 e. The fourth-order valence-electron chi connectivity index (χ4n) is 4.03. The number of carbonyl (C=O) groups excluding carboxylic acids is 1. The Kier molecular flexibility index (Phi) is 3.53. The van der Waals surface area contributed by atoms with Gasteiger partial charge in [0, 0.05) is 25.6 Å². The SMILES string of the molecule is O=C1CCc2ccc(=O)n3c2N1CCC3CN1CC[CH]CC1. The summed E-state index contributed by atoms with van der Waals surface area (Å²) in [5.41, 5.74) is 1.18. The summed E-state index contributed by atoms with van der Waals surface area (Å²) in [5.74, 6) is 1.04. The molecule has 1 fully saturated rings. The maximum absolute atomic E-state index is 12.5. The van der Waals surface area contributed by atoms with Crippen molar-refractivity contribution in [2.45, 2.75) is 38.1 Å². The Morgan fingerprint density at radius 3 is 2.68 bits per heavy atom. The smallest absolute Gasteiger partial charge is 0.252 e. The van der Waals surface area contributed by atoms with Gasteiger partial charge < -0.3 is 4.90 Å². The highest BCUT2D eigenvalue weighted by molar-refractivity contribution is 5.95. The first-order valence-electron chi connectivity index (χ1n) is 8.33. The van der Waals surface area contributed by atoms with Crippen LogP contribution in [0.25, 0.3) is 0 Å². The molecular formula is C17H22N3O2. The Morgan fingerprint density at radius 2 is 1.86 bits per heavy atom. The van der Waals surface area contributed by atoms with Crippen molar-refractivity contribution in [2.24, 2.45) is 0 Å². The number of rotatable bonds is 2. The number of hydrogen-bond acceptors (Lipinski definition) is 3. The summed E-state index contributed by atoms with van der Waals surface area (Å²) >= 11 is 0. The topological polar surface area (TPSA) is 45.6 Å². The van der Waals surface area contributed by atoms with Gasteiger partial charge in [-0.3, -0.25) is 19.1 Å². The van der Waals surface area contributed by atoms with Crippen LogP contribution in [-0.2, 0) is 11.2 Å². The maximum atomic E-state index is 12.5. The van der Waals surface area contributed by atoms with E-state index in [0.29, 0.717) is 6.42 Å². The summed E-state index contributed by atoms with van der Waals surface area (Å²) in [4.78, 5) is 28.9. The highest BCUT2D eigenvalue weighted by Gasteiger charge is 2.34. The monoisotopic (exact) mass is 300 g/mol. The average Bonchev–Trinajstić information content (AvgIpc) is 2.55. The number of piperidine rings is 1. The highest BCUT2D eigenvalue weighted by atomic mass is 16.2. The van der Waals surface area contributed by atoms with Gasteiger partial charge in [-0.2, -0.15) is 0 Å². The zero-order chi connectivity index (χ0) is 15.1. The first-order chi connectivity index (χ1) is 10.7. The second kappa shape index (κ2) is 5.54. The standard InChI is InChI=1S/C17H22N3O2/c21-15-6-4-13-5-7-16(22)20-14(8-11-19(15)17(13)20)12-18-9-2-1-3-10-18/h1,5,7,14H,2-4,6,8-12H2. The van der Waals surface area contributed by atoms with Crippen LogP contribution in [0.1, 0.15) is 37.3 Å². The molecule has 117 valence electrons. The van der Waals surface area contributed by atoms with Gasteiger partial charge in [0.1, 0.15) is 5.82 Å². The van der Waals surface area contributed by atoms with E-state index in [1.54, 1.807) is 6.07 Å². The van der Waals surface area contributed by atoms with E-state index in [4.69, 9.17) is 0 Å². The lowest BCUT2D eigenvalue weighted by molar-refractivity contribution is -0.119. The molecule has 5 nitrogen and oxygen atoms in total. The Labute approximate surface area is 130 Å². The molecule has 0 spiro atoms. The van der Waals surface area contributed by atoms with Crippen LogP contribution in [0.2, 0.25) is 0 Å². The van der Waals surface area contributed by atoms with E-state index in [1.807, 2.05) is 15.5 Å². The number of aryl methyl sites for hydroxylation is 1. The summed E-state index contributed by atoms with van der Waals surface area (Å²) in [6.45, 7) is 3.85. The molecule has 3 aliphatic rings. The van der Waals surface area contributed by atoms with E-state index >= 15 is 0 Å². The third-order valence-electron chi connectivity index (χ3n) is 5.16. The van der Waals surface area contributed by atoms with Crippen molar-refractivity contribution in [1.82, 2.24) is 9.47 Å². The van der Waals surface area contributed by atoms with E-state index in [-0.39, 0.29) is 17.5 Å². The molecule has 0 aliphatic carbocycles. The average molecular weight is 300 g/mol. The van der Waals surface area contributed by atoms with Crippen molar-refractivity contribution < 1.29 is 4.79 Å². The Bertz CT molecular complexity index is 646. The summed E-state index contributed by atoms with van der Waals surface area (Å²) in [5, 5.41) is 0. The first kappa shape index (κ1) is 14.0. The number of anilines is 1. The Morgan fingerprint density at radius 1 is 1.05 bits per heavy atom. The quantitative estimate of drug-likeness (QED) is 0.829. The predicted molar refractivity (Wildman–Crippen MR) is 85.0 cm³/mol. The second-order valence-corrected chi connectivity index (χ2v) is 6.54. The molecule has 4 rings (SSSR count). The number of aromatic nitrogens is 1. The third-order valence-corrected chi connectivity index (χ3v) is 5.16. The molecule has 1 aromatic heterocycles. The minimum atomic E-state index is 0.0340. The van der Waals surface area contributed by atoms with Crippen LogP contribution in [0.4, 0.5) is 5.82 Å². The predicted octanol–water partition coefficient (Wildman–Crippen LogP) is 1.37. The van der Waals surface area contributed by atoms with Gasteiger partial charge in [-0.1, -0.05) is 0 Å². The summed E-state index contributed by atoms with van der Waals surface area (Å²) in [6.07, 6.45) is 6.82. The summed E-state index contributed by atoms with van der Waals surface area (Å²) in [7, 11) is 0. The summed E-state index contributed by atoms with van der Waals surface area (Å²) < 4.78 is 1.90. The normalized spacial score (nSPS) is 25.2. The molecule has 0 bridgehead atoms. The van der Waals surface area contributed by atoms with E-state index < -0.39 is 0 Å². The molecule has 1 saturated heterocycles. The molecule has 0 N–H and O–H groups in total. The van der Waals surface area contributed by atoms with Gasteiger partial charge in [0.05, 0.1) is 6.04 Å². The Hall–Kier alpha value is -1.62. The van der Waals surface area contributed by atoms with Crippen LogP contribution in [0.5, 0.6) is 0 Å². The van der Waals surface area contributed by atoms with Gasteiger partial charge in [-0.05, 0) is 56.8 Å². The van der Waals surface area contributed by atoms with Gasteiger partial charge in [0.2, 0.25) is 5.91 Å². The molecule has 3 aliphatic heterocycles. The number of hydrogen-bond donors (Lipinski definition) is 0. The number of likely N-dealkylation sites (tertiary alicyclic amines) is 1. The summed E-state index contributed by atoms with van der Waals surface area (Å²) in [6, 6.07) is 3.78. The van der Waals surface area contributed by atoms with Crippen LogP contribution in [0.3, 0.4) is 0 Å². The molecule has 1 aromatic rings. The van der Waals surface area contributed by atoms with E-state index in [9.17, 15) is 9.59 Å². The van der Waals surface area contributed by atoms with E-state index in [2.05, 4.69) is 11.3 Å². The number of amides is 1. The number of carbonyl (C=O) groups is 1.